The summed E-state index contributed by atoms with van der Waals surface area (Å²) in [6.45, 7) is 1.89. The van der Waals surface area contributed by atoms with E-state index >= 15 is 0 Å². The van der Waals surface area contributed by atoms with E-state index in [0.717, 1.165) is 92.3 Å². The van der Waals surface area contributed by atoms with Gasteiger partial charge in [0.15, 0.2) is 0 Å². The minimum atomic E-state index is -0.683. The topological polar surface area (TPSA) is 202 Å². The van der Waals surface area contributed by atoms with Crippen molar-refractivity contribution in [3.63, 3.8) is 0 Å². The molecule has 4 heterocycles. The third-order valence-electron chi connectivity index (χ3n) is 12.9. The Labute approximate surface area is 384 Å². The van der Waals surface area contributed by atoms with Crippen molar-refractivity contribution in [3.05, 3.63) is 87.8 Å². The van der Waals surface area contributed by atoms with Gasteiger partial charge in [0, 0.05) is 60.9 Å². The van der Waals surface area contributed by atoms with Crippen molar-refractivity contribution in [2.45, 2.75) is 128 Å². The van der Waals surface area contributed by atoms with E-state index in [2.05, 4.69) is 36.7 Å². The molecule has 0 bridgehead atoms. The second kappa shape index (κ2) is 21.4. The van der Waals surface area contributed by atoms with Crippen molar-refractivity contribution in [3.8, 4) is 17.0 Å². The van der Waals surface area contributed by atoms with Gasteiger partial charge in [-0.15, -0.1) is 0 Å². The number of rotatable bonds is 21. The predicted octanol–water partition coefficient (Wildman–Crippen LogP) is 5.52. The Morgan fingerprint density at radius 1 is 0.877 bits per heavy atom. The molecule has 0 spiro atoms. The number of hydrogen-bond donors (Lipinski definition) is 5. The van der Waals surface area contributed by atoms with Crippen LogP contribution in [0.4, 0.5) is 5.95 Å². The Kier molecular flexibility index (Phi) is 15.1. The van der Waals surface area contributed by atoms with Gasteiger partial charge in [0.1, 0.15) is 18.4 Å². The summed E-state index contributed by atoms with van der Waals surface area (Å²) in [4.78, 5) is 73.1. The van der Waals surface area contributed by atoms with E-state index in [4.69, 9.17) is 21.3 Å². The number of ether oxygens (including phenoxy) is 1. The maximum atomic E-state index is 13.1. The Hall–Kier alpha value is -5.87. The van der Waals surface area contributed by atoms with Crippen LogP contribution in [0.3, 0.4) is 0 Å². The lowest BCUT2D eigenvalue weighted by atomic mass is 9.91. The molecule has 16 nitrogen and oxygen atoms in total. The van der Waals surface area contributed by atoms with Gasteiger partial charge in [-0.05, 0) is 99.9 Å². The Morgan fingerprint density at radius 3 is 2.43 bits per heavy atom. The molecule has 1 saturated heterocycles. The smallest absolute Gasteiger partial charge is 0.255 e. The highest BCUT2D eigenvalue weighted by Gasteiger charge is 2.40. The van der Waals surface area contributed by atoms with Crippen LogP contribution < -0.4 is 31.3 Å². The van der Waals surface area contributed by atoms with E-state index < -0.39 is 11.9 Å². The molecule has 2 aliphatic carbocycles. The molecule has 2 aliphatic heterocycles. The Morgan fingerprint density at radius 2 is 1.65 bits per heavy atom. The van der Waals surface area contributed by atoms with Gasteiger partial charge in [0.05, 0.1) is 36.2 Å². The van der Waals surface area contributed by atoms with Gasteiger partial charge in [-0.1, -0.05) is 54.8 Å². The molecule has 5 amide bonds. The van der Waals surface area contributed by atoms with Crippen LogP contribution in [-0.4, -0.2) is 85.4 Å². The molecule has 8 rings (SSSR count). The van der Waals surface area contributed by atoms with E-state index in [1.54, 1.807) is 18.3 Å². The number of nitrogens with one attached hydrogen (secondary N) is 5. The SMILES string of the molecule is Cn1ncc(-c2nc(N[C@H]3CC[C@H](NC(=O)CCCCCCNCC(=O)NCc4ccc(COc5cccc6c5CN(C5CCC(=O)NC5=O)C6=O)cc4)CC3)ncc2Cl)c1CC1CC1. The molecule has 4 aromatic rings. The van der Waals surface area contributed by atoms with Crippen LogP contribution in [0, 0.1) is 5.92 Å². The number of anilines is 1. The molecular weight excluding hydrogens is 848 g/mol. The molecule has 2 saturated carbocycles. The molecule has 1 atom stereocenters. The number of halogens is 1. The quantitative estimate of drug-likeness (QED) is 0.0521. The maximum absolute atomic E-state index is 13.1. The number of piperidine rings is 1. The second-order valence-corrected chi connectivity index (χ2v) is 18.2. The van der Waals surface area contributed by atoms with E-state index in [0.29, 0.717) is 53.3 Å². The first-order valence-electron chi connectivity index (χ1n) is 23.1. The van der Waals surface area contributed by atoms with Gasteiger partial charge in [-0.25, -0.2) is 9.97 Å². The molecule has 2 aromatic heterocycles. The summed E-state index contributed by atoms with van der Waals surface area (Å²) in [7, 11) is 1.97. The summed E-state index contributed by atoms with van der Waals surface area (Å²) >= 11 is 6.57. The Bertz CT molecular complexity index is 2360. The second-order valence-electron chi connectivity index (χ2n) is 17.8. The molecule has 5 N–H and O–H groups in total. The average molecular weight is 908 g/mol. The fourth-order valence-electron chi connectivity index (χ4n) is 8.95. The van der Waals surface area contributed by atoms with Gasteiger partial charge in [-0.3, -0.25) is 34.0 Å². The van der Waals surface area contributed by atoms with Gasteiger partial charge >= 0.3 is 0 Å². The molecular formula is C48H59ClN10O6. The first-order chi connectivity index (χ1) is 31.6. The summed E-state index contributed by atoms with van der Waals surface area (Å²) in [6.07, 6.45) is 15.4. The van der Waals surface area contributed by atoms with Crippen molar-refractivity contribution < 1.29 is 28.7 Å². The summed E-state index contributed by atoms with van der Waals surface area (Å²) < 4.78 is 8.05. The molecule has 344 valence electrons. The highest BCUT2D eigenvalue weighted by atomic mass is 35.5. The van der Waals surface area contributed by atoms with E-state index in [9.17, 15) is 24.0 Å². The zero-order valence-corrected chi connectivity index (χ0v) is 37.8. The van der Waals surface area contributed by atoms with Gasteiger partial charge < -0.3 is 30.9 Å². The van der Waals surface area contributed by atoms with Crippen LogP contribution in [0.2, 0.25) is 5.02 Å². The fraction of sp³-hybridized carbons (Fsp3) is 0.500. The maximum Gasteiger partial charge on any atom is 0.255 e. The lowest BCUT2D eigenvalue weighted by Crippen LogP contribution is -2.52. The first kappa shape index (κ1) is 45.7. The van der Waals surface area contributed by atoms with Crippen LogP contribution in [0.1, 0.15) is 116 Å². The molecule has 0 radical (unpaired) electrons. The lowest BCUT2D eigenvalue weighted by Gasteiger charge is -2.29. The highest BCUT2D eigenvalue weighted by Crippen LogP contribution is 2.37. The number of imide groups is 1. The number of carbonyl (C=O) groups is 5. The summed E-state index contributed by atoms with van der Waals surface area (Å²) in [6, 6.07) is 12.8. The largest absolute Gasteiger partial charge is 0.489 e. The fourth-order valence-corrected chi connectivity index (χ4v) is 9.14. The van der Waals surface area contributed by atoms with Crippen LogP contribution in [-0.2, 0) is 52.3 Å². The summed E-state index contributed by atoms with van der Waals surface area (Å²) in [5.74, 6) is 0.889. The molecule has 2 aromatic carbocycles. The number of carbonyl (C=O) groups excluding carboxylic acids is 5. The number of aryl methyl sites for hydroxylation is 1. The van der Waals surface area contributed by atoms with Crippen molar-refractivity contribution >= 4 is 47.1 Å². The van der Waals surface area contributed by atoms with E-state index in [-0.39, 0.29) is 61.8 Å². The van der Waals surface area contributed by atoms with Crippen LogP contribution in [0.5, 0.6) is 5.75 Å². The van der Waals surface area contributed by atoms with Crippen molar-refractivity contribution in [1.29, 1.82) is 0 Å². The molecule has 1 unspecified atom stereocenters. The van der Waals surface area contributed by atoms with Crippen molar-refractivity contribution in [2.24, 2.45) is 13.0 Å². The minimum Gasteiger partial charge on any atom is -0.489 e. The van der Waals surface area contributed by atoms with E-state index in [1.165, 1.54) is 17.7 Å². The van der Waals surface area contributed by atoms with Crippen LogP contribution in [0.15, 0.2) is 54.9 Å². The number of unbranched alkanes of at least 4 members (excludes halogenated alkanes) is 3. The van der Waals surface area contributed by atoms with Crippen LogP contribution in [0.25, 0.3) is 11.3 Å². The third-order valence-corrected chi connectivity index (χ3v) is 13.2. The number of aromatic nitrogens is 4. The van der Waals surface area contributed by atoms with Crippen molar-refractivity contribution in [1.82, 2.24) is 45.9 Å². The highest BCUT2D eigenvalue weighted by molar-refractivity contribution is 6.33. The summed E-state index contributed by atoms with van der Waals surface area (Å²) in [5.41, 5.74) is 5.97. The zero-order chi connectivity index (χ0) is 45.3. The average Bonchev–Trinajstić information content (AvgIpc) is 3.97. The Balaban J connectivity index is 0.649. The molecule has 4 aliphatic rings. The van der Waals surface area contributed by atoms with Crippen molar-refractivity contribution in [2.75, 3.05) is 18.4 Å². The molecule has 3 fully saturated rings. The lowest BCUT2D eigenvalue weighted by molar-refractivity contribution is -0.137. The van der Waals surface area contributed by atoms with E-state index in [1.807, 2.05) is 48.3 Å². The number of benzene rings is 2. The molecule has 17 heteroatoms. The minimum absolute atomic E-state index is 0.0801. The number of amides is 5. The van der Waals surface area contributed by atoms with Gasteiger partial charge in [0.2, 0.25) is 29.6 Å². The normalized spacial score (nSPS) is 19.4. The zero-order valence-electron chi connectivity index (χ0n) is 37.0. The predicted molar refractivity (Wildman–Crippen MR) is 245 cm³/mol. The number of fused-ring (bicyclic) bond motifs is 1. The van der Waals surface area contributed by atoms with Crippen LogP contribution >= 0.6 is 11.6 Å². The molecule has 65 heavy (non-hydrogen) atoms. The van der Waals surface area contributed by atoms with Gasteiger partial charge in [-0.2, -0.15) is 5.10 Å². The van der Waals surface area contributed by atoms with Gasteiger partial charge in [0.25, 0.3) is 5.91 Å². The number of nitrogens with zero attached hydrogens (tertiary/aromatic N) is 5. The summed E-state index contributed by atoms with van der Waals surface area (Å²) in [5, 5.41) is 20.3. The standard InChI is InChI=1S/C48H59ClN10O6/c1-58-40(23-30-10-11-30)36(25-53-58)45-38(49)26-52-48(57-45)55-34-18-16-33(17-19-34)54-42(60)9-4-2-3-5-22-50-27-44(62)51-24-31-12-14-32(15-13-31)29-65-41-8-6-7-35-37(41)28-59(47(35)64)39-20-21-43(61)56-46(39)63/h6-8,12-15,25-26,30,33-34,39,50H,2-5,9-11,16-24,27-29H2,1H3,(H,51,62)(H,54,60)(H,52,55,57)(H,56,61,63)/t33-,34-,39?. The third kappa shape index (κ3) is 12.1. The monoisotopic (exact) mass is 906 g/mol. The first-order valence-corrected chi connectivity index (χ1v) is 23.5. The number of hydrogen-bond acceptors (Lipinski definition) is 11.